The van der Waals surface area contributed by atoms with Gasteiger partial charge in [-0.25, -0.2) is 0 Å². The molecule has 0 radical (unpaired) electrons. The molecular formula is C12H19N5O2S. The first-order valence-corrected chi connectivity index (χ1v) is 7.27. The van der Waals surface area contributed by atoms with Gasteiger partial charge in [0.25, 0.3) is 11.8 Å². The lowest BCUT2D eigenvalue weighted by Gasteiger charge is -2.21. The van der Waals surface area contributed by atoms with Gasteiger partial charge >= 0.3 is 0 Å². The summed E-state index contributed by atoms with van der Waals surface area (Å²) in [5.41, 5.74) is 11.8. The third kappa shape index (κ3) is 2.70. The van der Waals surface area contributed by atoms with Gasteiger partial charge in [0.1, 0.15) is 9.88 Å². The molecule has 1 aromatic rings. The fraction of sp³-hybridized carbons (Fsp3) is 0.500. The topological polar surface area (TPSA) is 113 Å². The molecule has 2 amide bonds. The van der Waals surface area contributed by atoms with Crippen LogP contribution in [0.1, 0.15) is 26.5 Å². The molecule has 1 aliphatic heterocycles. The highest BCUT2D eigenvalue weighted by Gasteiger charge is 2.27. The van der Waals surface area contributed by atoms with Gasteiger partial charge in [-0.3, -0.25) is 9.59 Å². The van der Waals surface area contributed by atoms with Crippen LogP contribution in [0.2, 0.25) is 0 Å². The minimum absolute atomic E-state index is 0.175. The molecule has 0 atom stereocenters. The molecule has 0 aromatic carbocycles. The quantitative estimate of drug-likeness (QED) is 0.605. The van der Waals surface area contributed by atoms with Crippen LogP contribution >= 0.6 is 11.3 Å². The van der Waals surface area contributed by atoms with Crippen molar-refractivity contribution in [2.45, 2.75) is 6.42 Å². The lowest BCUT2D eigenvalue weighted by molar-refractivity contribution is 0.0964. The molecular weight excluding hydrogens is 278 g/mol. The number of anilines is 2. The summed E-state index contributed by atoms with van der Waals surface area (Å²) in [7, 11) is 1.54. The number of nitrogens with two attached hydrogens (primary N) is 2. The number of hydrogen-bond acceptors (Lipinski definition) is 6. The van der Waals surface area contributed by atoms with E-state index >= 15 is 0 Å². The van der Waals surface area contributed by atoms with E-state index in [9.17, 15) is 9.59 Å². The Hall–Kier alpha value is -1.80. The van der Waals surface area contributed by atoms with Gasteiger partial charge in [-0.05, 0) is 13.0 Å². The molecule has 110 valence electrons. The predicted molar refractivity (Wildman–Crippen MR) is 80.3 cm³/mol. The van der Waals surface area contributed by atoms with Crippen molar-refractivity contribution in [3.8, 4) is 0 Å². The van der Waals surface area contributed by atoms with Crippen LogP contribution in [0.25, 0.3) is 0 Å². The zero-order chi connectivity index (χ0) is 14.7. The molecule has 20 heavy (non-hydrogen) atoms. The van der Waals surface area contributed by atoms with Crippen molar-refractivity contribution in [2.75, 3.05) is 43.9 Å². The lowest BCUT2D eigenvalue weighted by atomic mass is 10.2. The van der Waals surface area contributed by atoms with Crippen LogP contribution in [0.3, 0.4) is 0 Å². The number of carbonyl (C=O) groups is 2. The van der Waals surface area contributed by atoms with Crippen LogP contribution in [-0.2, 0) is 0 Å². The van der Waals surface area contributed by atoms with Crippen molar-refractivity contribution in [2.24, 2.45) is 5.73 Å². The van der Waals surface area contributed by atoms with E-state index in [4.69, 9.17) is 11.5 Å². The van der Waals surface area contributed by atoms with Crippen LogP contribution in [0, 0.1) is 0 Å². The van der Waals surface area contributed by atoms with Gasteiger partial charge in [0, 0.05) is 26.7 Å². The van der Waals surface area contributed by atoms with Gasteiger partial charge < -0.3 is 27.0 Å². The van der Waals surface area contributed by atoms with Gasteiger partial charge in [-0.2, -0.15) is 0 Å². The number of nitrogen functional groups attached to an aromatic ring is 1. The first-order chi connectivity index (χ1) is 9.56. The fourth-order valence-electron chi connectivity index (χ4n) is 2.23. The molecule has 0 unspecified atom stereocenters. The van der Waals surface area contributed by atoms with Crippen molar-refractivity contribution >= 4 is 33.8 Å². The SMILES string of the molecule is CNC(=O)c1c(N2CCCNCC2)sc(C(N)=O)c1N. The van der Waals surface area contributed by atoms with E-state index in [0.717, 1.165) is 37.6 Å². The molecule has 1 aromatic heterocycles. The maximum absolute atomic E-state index is 12.0. The number of carbonyl (C=O) groups excluding carboxylic acids is 2. The van der Waals surface area contributed by atoms with Gasteiger partial charge in [0.05, 0.1) is 11.3 Å². The van der Waals surface area contributed by atoms with Crippen LogP contribution < -0.4 is 27.0 Å². The van der Waals surface area contributed by atoms with E-state index in [0.29, 0.717) is 5.56 Å². The van der Waals surface area contributed by atoms with Gasteiger partial charge in [-0.15, -0.1) is 11.3 Å². The first-order valence-electron chi connectivity index (χ1n) is 6.46. The summed E-state index contributed by atoms with van der Waals surface area (Å²) < 4.78 is 0. The molecule has 0 saturated carbocycles. The largest absolute Gasteiger partial charge is 0.397 e. The highest BCUT2D eigenvalue weighted by atomic mass is 32.1. The minimum atomic E-state index is -0.600. The summed E-state index contributed by atoms with van der Waals surface area (Å²) in [6.45, 7) is 3.35. The van der Waals surface area contributed by atoms with Crippen molar-refractivity contribution < 1.29 is 9.59 Å². The average molecular weight is 297 g/mol. The summed E-state index contributed by atoms with van der Waals surface area (Å²) in [5.74, 6) is -0.893. The number of nitrogens with one attached hydrogen (secondary N) is 2. The van der Waals surface area contributed by atoms with Crippen LogP contribution in [0.5, 0.6) is 0 Å². The Morgan fingerprint density at radius 2 is 2.10 bits per heavy atom. The minimum Gasteiger partial charge on any atom is -0.397 e. The summed E-state index contributed by atoms with van der Waals surface area (Å²) in [6.07, 6.45) is 0.969. The Kier molecular flexibility index (Phi) is 4.46. The summed E-state index contributed by atoms with van der Waals surface area (Å²) in [5, 5.41) is 6.58. The zero-order valence-electron chi connectivity index (χ0n) is 11.4. The molecule has 2 heterocycles. The molecule has 2 rings (SSSR count). The van der Waals surface area contributed by atoms with Crippen LogP contribution in [-0.4, -0.2) is 45.0 Å². The summed E-state index contributed by atoms with van der Waals surface area (Å²) in [4.78, 5) is 25.8. The predicted octanol–water partition coefficient (Wildman–Crippen LogP) is -0.411. The fourth-order valence-corrected chi connectivity index (χ4v) is 3.35. The highest BCUT2D eigenvalue weighted by Crippen LogP contribution is 2.38. The standard InChI is InChI=1S/C12H19N5O2S/c1-15-11(19)7-8(13)9(10(14)18)20-12(7)17-5-2-3-16-4-6-17/h16H,2-6,13H2,1H3,(H2,14,18)(H,15,19). The van der Waals surface area contributed by atoms with Crippen molar-refractivity contribution in [1.29, 1.82) is 0 Å². The third-order valence-corrected chi connectivity index (χ3v) is 4.51. The molecule has 7 nitrogen and oxygen atoms in total. The number of hydrogen-bond donors (Lipinski definition) is 4. The number of rotatable bonds is 3. The lowest BCUT2D eigenvalue weighted by Crippen LogP contribution is -2.30. The third-order valence-electron chi connectivity index (χ3n) is 3.23. The van der Waals surface area contributed by atoms with Gasteiger partial charge in [0.2, 0.25) is 0 Å². The highest BCUT2D eigenvalue weighted by molar-refractivity contribution is 7.19. The van der Waals surface area contributed by atoms with E-state index in [2.05, 4.69) is 15.5 Å². The first kappa shape index (κ1) is 14.6. The van der Waals surface area contributed by atoms with E-state index in [1.165, 1.54) is 18.4 Å². The van der Waals surface area contributed by atoms with E-state index in [1.54, 1.807) is 0 Å². The molecule has 1 aliphatic rings. The summed E-state index contributed by atoms with van der Waals surface area (Å²) in [6, 6.07) is 0. The van der Waals surface area contributed by atoms with Crippen molar-refractivity contribution in [3.05, 3.63) is 10.4 Å². The smallest absolute Gasteiger partial charge is 0.260 e. The summed E-state index contributed by atoms with van der Waals surface area (Å²) >= 11 is 1.19. The maximum atomic E-state index is 12.0. The Labute approximate surface area is 121 Å². The normalized spacial score (nSPS) is 15.8. The molecule has 1 fully saturated rings. The average Bonchev–Trinajstić information content (AvgIpc) is 2.63. The molecule has 1 saturated heterocycles. The number of nitrogens with zero attached hydrogens (tertiary/aromatic N) is 1. The Morgan fingerprint density at radius 3 is 2.75 bits per heavy atom. The zero-order valence-corrected chi connectivity index (χ0v) is 12.2. The molecule has 6 N–H and O–H groups in total. The van der Waals surface area contributed by atoms with E-state index < -0.39 is 5.91 Å². The Balaban J connectivity index is 2.46. The maximum Gasteiger partial charge on any atom is 0.260 e. The van der Waals surface area contributed by atoms with Crippen molar-refractivity contribution in [1.82, 2.24) is 10.6 Å². The molecule has 8 heteroatoms. The Morgan fingerprint density at radius 1 is 1.35 bits per heavy atom. The second-order valence-electron chi connectivity index (χ2n) is 4.56. The van der Waals surface area contributed by atoms with Gasteiger partial charge in [0.15, 0.2) is 0 Å². The number of thiophene rings is 1. The number of primary amides is 1. The van der Waals surface area contributed by atoms with Crippen LogP contribution in [0.4, 0.5) is 10.7 Å². The van der Waals surface area contributed by atoms with Crippen LogP contribution in [0.15, 0.2) is 0 Å². The molecule has 0 aliphatic carbocycles. The number of amides is 2. The second-order valence-corrected chi connectivity index (χ2v) is 5.56. The molecule has 0 spiro atoms. The molecule has 0 bridgehead atoms. The monoisotopic (exact) mass is 297 g/mol. The van der Waals surface area contributed by atoms with E-state index in [-0.39, 0.29) is 16.5 Å². The Bertz CT molecular complexity index is 520. The van der Waals surface area contributed by atoms with Gasteiger partial charge in [-0.1, -0.05) is 0 Å². The van der Waals surface area contributed by atoms with E-state index in [1.807, 2.05) is 0 Å². The van der Waals surface area contributed by atoms with Crippen molar-refractivity contribution in [3.63, 3.8) is 0 Å². The second kappa shape index (κ2) is 6.10.